The zero-order chi connectivity index (χ0) is 14.0. The molecular formula is C13H26O5. The summed E-state index contributed by atoms with van der Waals surface area (Å²) in [5.74, 6) is -0.135. The van der Waals surface area contributed by atoms with Gasteiger partial charge in [-0.2, -0.15) is 0 Å². The van der Waals surface area contributed by atoms with Crippen molar-refractivity contribution in [3.05, 3.63) is 0 Å². The first-order chi connectivity index (χ1) is 8.29. The van der Waals surface area contributed by atoms with Gasteiger partial charge < -0.3 is 24.4 Å². The molecule has 1 saturated heterocycles. The maximum absolute atomic E-state index is 10.9. The maximum Gasteiger partial charge on any atom is 0.144 e. The SMILES string of the molecule is CCC1(C)OC[C@@H](COC)C(C)(OCO)C1(C)O. The third kappa shape index (κ3) is 2.18. The van der Waals surface area contributed by atoms with Gasteiger partial charge in [0.05, 0.1) is 18.8 Å². The van der Waals surface area contributed by atoms with Gasteiger partial charge >= 0.3 is 0 Å². The highest BCUT2D eigenvalue weighted by molar-refractivity contribution is 5.12. The zero-order valence-corrected chi connectivity index (χ0v) is 12.0. The molecule has 0 saturated carbocycles. The molecule has 2 N–H and O–H groups in total. The van der Waals surface area contributed by atoms with E-state index in [4.69, 9.17) is 19.3 Å². The molecule has 1 aliphatic rings. The first kappa shape index (κ1) is 15.9. The van der Waals surface area contributed by atoms with E-state index in [0.29, 0.717) is 19.6 Å². The smallest absolute Gasteiger partial charge is 0.144 e. The molecule has 0 aromatic rings. The van der Waals surface area contributed by atoms with Crippen LogP contribution >= 0.6 is 0 Å². The highest BCUT2D eigenvalue weighted by atomic mass is 16.6. The Balaban J connectivity index is 3.13. The fourth-order valence-electron chi connectivity index (χ4n) is 2.75. The number of aliphatic hydroxyl groups excluding tert-OH is 1. The van der Waals surface area contributed by atoms with E-state index < -0.39 is 23.6 Å². The Hall–Kier alpha value is -0.200. The number of hydrogen-bond donors (Lipinski definition) is 2. The van der Waals surface area contributed by atoms with Crippen molar-refractivity contribution in [2.45, 2.75) is 50.9 Å². The summed E-state index contributed by atoms with van der Waals surface area (Å²) >= 11 is 0. The number of rotatable bonds is 5. The average molecular weight is 262 g/mol. The Morgan fingerprint density at radius 1 is 1.33 bits per heavy atom. The van der Waals surface area contributed by atoms with Crippen LogP contribution in [0.15, 0.2) is 0 Å². The second kappa shape index (κ2) is 5.43. The minimum Gasteiger partial charge on any atom is -0.384 e. The summed E-state index contributed by atoms with van der Waals surface area (Å²) in [7, 11) is 1.60. The van der Waals surface area contributed by atoms with Gasteiger partial charge in [-0.15, -0.1) is 0 Å². The van der Waals surface area contributed by atoms with Gasteiger partial charge in [-0.25, -0.2) is 0 Å². The summed E-state index contributed by atoms with van der Waals surface area (Å²) in [5.41, 5.74) is -2.85. The Morgan fingerprint density at radius 3 is 2.39 bits per heavy atom. The lowest BCUT2D eigenvalue weighted by atomic mass is 9.65. The predicted octanol–water partition coefficient (Wildman–Crippen LogP) is 0.924. The number of hydrogen-bond acceptors (Lipinski definition) is 5. The molecule has 0 bridgehead atoms. The molecule has 1 fully saturated rings. The molecule has 0 radical (unpaired) electrons. The summed E-state index contributed by atoms with van der Waals surface area (Å²) in [4.78, 5) is 0. The van der Waals surface area contributed by atoms with Crippen LogP contribution < -0.4 is 0 Å². The molecule has 108 valence electrons. The summed E-state index contributed by atoms with van der Waals surface area (Å²) in [6.45, 7) is 7.75. The molecule has 0 aromatic carbocycles. The topological polar surface area (TPSA) is 68.2 Å². The van der Waals surface area contributed by atoms with Crippen LogP contribution in [0.4, 0.5) is 0 Å². The molecule has 1 aliphatic heterocycles. The Labute approximate surface area is 109 Å². The van der Waals surface area contributed by atoms with Crippen LogP contribution in [0.3, 0.4) is 0 Å². The number of ether oxygens (including phenoxy) is 3. The van der Waals surface area contributed by atoms with Crippen LogP contribution in [0.25, 0.3) is 0 Å². The zero-order valence-electron chi connectivity index (χ0n) is 12.0. The summed E-state index contributed by atoms with van der Waals surface area (Å²) in [5, 5.41) is 20.1. The molecule has 5 heteroatoms. The second-order valence-corrected chi connectivity index (χ2v) is 5.50. The lowest BCUT2D eigenvalue weighted by Gasteiger charge is -2.58. The van der Waals surface area contributed by atoms with Crippen molar-refractivity contribution in [1.82, 2.24) is 0 Å². The van der Waals surface area contributed by atoms with E-state index in [1.54, 1.807) is 14.0 Å². The molecule has 0 amide bonds. The number of methoxy groups -OCH3 is 1. The Morgan fingerprint density at radius 2 is 1.94 bits per heavy atom. The van der Waals surface area contributed by atoms with Gasteiger partial charge in [-0.3, -0.25) is 0 Å². The van der Waals surface area contributed by atoms with E-state index in [9.17, 15) is 5.11 Å². The molecule has 0 aromatic heterocycles. The summed E-state index contributed by atoms with van der Waals surface area (Å²) < 4.78 is 16.5. The van der Waals surface area contributed by atoms with E-state index in [0.717, 1.165) is 0 Å². The highest BCUT2D eigenvalue weighted by Gasteiger charge is 2.62. The molecule has 4 atom stereocenters. The predicted molar refractivity (Wildman–Crippen MR) is 67.2 cm³/mol. The molecule has 1 rings (SSSR count). The minimum absolute atomic E-state index is 0.135. The molecule has 18 heavy (non-hydrogen) atoms. The van der Waals surface area contributed by atoms with Gasteiger partial charge in [0.2, 0.25) is 0 Å². The quantitative estimate of drug-likeness (QED) is 0.721. The van der Waals surface area contributed by atoms with Crippen molar-refractivity contribution in [3.8, 4) is 0 Å². The molecule has 5 nitrogen and oxygen atoms in total. The first-order valence-corrected chi connectivity index (χ1v) is 6.39. The average Bonchev–Trinajstić information content (AvgIpc) is 2.32. The van der Waals surface area contributed by atoms with Crippen molar-refractivity contribution >= 4 is 0 Å². The third-order valence-electron chi connectivity index (χ3n) is 4.79. The largest absolute Gasteiger partial charge is 0.384 e. The Bertz CT molecular complexity index is 281. The molecule has 0 aliphatic carbocycles. The van der Waals surface area contributed by atoms with Crippen molar-refractivity contribution in [1.29, 1.82) is 0 Å². The van der Waals surface area contributed by atoms with Gasteiger partial charge in [-0.05, 0) is 27.2 Å². The van der Waals surface area contributed by atoms with E-state index in [-0.39, 0.29) is 5.92 Å². The van der Waals surface area contributed by atoms with Crippen LogP contribution in [-0.2, 0) is 14.2 Å². The van der Waals surface area contributed by atoms with E-state index in [1.165, 1.54) is 0 Å². The summed E-state index contributed by atoms with van der Waals surface area (Å²) in [6, 6.07) is 0. The van der Waals surface area contributed by atoms with Crippen LogP contribution in [0.2, 0.25) is 0 Å². The van der Waals surface area contributed by atoms with E-state index in [1.807, 2.05) is 20.8 Å². The van der Waals surface area contributed by atoms with E-state index in [2.05, 4.69) is 0 Å². The standard InChI is InChI=1S/C13H26O5/c1-6-11(2)13(4,15)12(3,18-9-14)10(7-16-5)8-17-11/h10,14-15H,6-9H2,1-5H3/t10-,11?,12?,13?/m1/s1. The minimum atomic E-state index is -1.22. The van der Waals surface area contributed by atoms with Crippen molar-refractivity contribution in [2.24, 2.45) is 5.92 Å². The van der Waals surface area contributed by atoms with Crippen LogP contribution in [0, 0.1) is 5.92 Å². The van der Waals surface area contributed by atoms with Gasteiger partial charge in [0.1, 0.15) is 18.0 Å². The molecular weight excluding hydrogens is 236 g/mol. The lowest BCUT2D eigenvalue weighted by molar-refractivity contribution is -0.331. The molecule has 1 heterocycles. The van der Waals surface area contributed by atoms with Crippen molar-refractivity contribution in [3.63, 3.8) is 0 Å². The first-order valence-electron chi connectivity index (χ1n) is 6.39. The van der Waals surface area contributed by atoms with E-state index >= 15 is 0 Å². The van der Waals surface area contributed by atoms with Gasteiger partial charge in [-0.1, -0.05) is 6.92 Å². The van der Waals surface area contributed by atoms with Gasteiger partial charge in [0, 0.05) is 13.0 Å². The lowest BCUT2D eigenvalue weighted by Crippen LogP contribution is -2.73. The summed E-state index contributed by atoms with van der Waals surface area (Å²) in [6.07, 6.45) is 0.657. The van der Waals surface area contributed by atoms with Crippen molar-refractivity contribution in [2.75, 3.05) is 27.1 Å². The van der Waals surface area contributed by atoms with Crippen LogP contribution in [0.5, 0.6) is 0 Å². The van der Waals surface area contributed by atoms with Gasteiger partial charge in [0.25, 0.3) is 0 Å². The number of aliphatic hydroxyl groups is 2. The van der Waals surface area contributed by atoms with Crippen LogP contribution in [-0.4, -0.2) is 54.1 Å². The van der Waals surface area contributed by atoms with Crippen molar-refractivity contribution < 1.29 is 24.4 Å². The second-order valence-electron chi connectivity index (χ2n) is 5.50. The normalized spacial score (nSPS) is 45.2. The molecule has 0 spiro atoms. The van der Waals surface area contributed by atoms with Crippen LogP contribution in [0.1, 0.15) is 34.1 Å². The maximum atomic E-state index is 10.9. The monoisotopic (exact) mass is 262 g/mol. The Kier molecular flexibility index (Phi) is 4.78. The fourth-order valence-corrected chi connectivity index (χ4v) is 2.75. The van der Waals surface area contributed by atoms with Gasteiger partial charge in [0.15, 0.2) is 0 Å². The highest BCUT2D eigenvalue weighted by Crippen LogP contribution is 2.47. The molecule has 3 unspecified atom stereocenters. The fraction of sp³-hybridized carbons (Fsp3) is 1.00. The third-order valence-corrected chi connectivity index (χ3v) is 4.79.